The van der Waals surface area contributed by atoms with E-state index in [9.17, 15) is 4.79 Å². The number of allylic oxidation sites excluding steroid dienone is 4. The molecule has 0 bridgehead atoms. The molecule has 2 aliphatic rings. The number of carbonyl (C=O) groups is 1. The minimum atomic E-state index is -0.655. The molecule has 1 N–H and O–H groups in total. The predicted octanol–water partition coefficient (Wildman–Crippen LogP) is 5.82. The lowest BCUT2D eigenvalue weighted by molar-refractivity contribution is -0.154. The number of hydrazone groups is 1. The molecule has 6 heteroatoms. The fourth-order valence-corrected chi connectivity index (χ4v) is 4.65. The summed E-state index contributed by atoms with van der Waals surface area (Å²) in [6.45, 7) is 1.24. The van der Waals surface area contributed by atoms with Gasteiger partial charge in [-0.25, -0.2) is 4.79 Å². The van der Waals surface area contributed by atoms with Crippen LogP contribution in [0.2, 0.25) is 0 Å². The highest BCUT2D eigenvalue weighted by Crippen LogP contribution is 2.37. The molecular weight excluding hydrogens is 464 g/mol. The summed E-state index contributed by atoms with van der Waals surface area (Å²) >= 11 is 0. The van der Waals surface area contributed by atoms with Crippen LogP contribution in [-0.4, -0.2) is 30.2 Å². The Morgan fingerprint density at radius 2 is 1.73 bits per heavy atom. The standard InChI is InChI=1S/C31H30N2O4/c1-2-22-7-15-27(16-8-22)33-30(26-13-17-28(18-14-26)36-20-31(35)37-21-34)19-29(32-33)25-11-9-24(10-12-25)23-5-3-4-6-23/h3-5,7-18,30,34H,2,6,19-21H2,1H3. The number of esters is 1. The zero-order chi connectivity index (χ0) is 25.6. The number of aliphatic hydroxyl groups excluding tert-OH is 1. The third-order valence-electron chi connectivity index (χ3n) is 6.73. The highest BCUT2D eigenvalue weighted by Gasteiger charge is 2.30. The number of carbonyl (C=O) groups excluding carboxylic acids is 1. The van der Waals surface area contributed by atoms with Crippen LogP contribution in [0.5, 0.6) is 5.75 Å². The molecule has 1 aliphatic heterocycles. The largest absolute Gasteiger partial charge is 0.482 e. The predicted molar refractivity (Wildman–Crippen MR) is 145 cm³/mol. The first-order chi connectivity index (χ1) is 18.1. The summed E-state index contributed by atoms with van der Waals surface area (Å²) in [4.78, 5) is 11.5. The molecule has 37 heavy (non-hydrogen) atoms. The maximum atomic E-state index is 11.5. The molecule has 0 spiro atoms. The van der Waals surface area contributed by atoms with E-state index < -0.39 is 12.8 Å². The summed E-state index contributed by atoms with van der Waals surface area (Å²) in [6, 6.07) is 25.0. The monoisotopic (exact) mass is 494 g/mol. The number of nitrogens with zero attached hydrogens (tertiary/aromatic N) is 2. The number of aliphatic hydroxyl groups is 1. The summed E-state index contributed by atoms with van der Waals surface area (Å²) in [7, 11) is 0. The molecule has 0 saturated carbocycles. The van der Waals surface area contributed by atoms with Gasteiger partial charge in [0.15, 0.2) is 13.4 Å². The highest BCUT2D eigenvalue weighted by molar-refractivity contribution is 6.03. The van der Waals surface area contributed by atoms with E-state index in [1.807, 2.05) is 24.3 Å². The van der Waals surface area contributed by atoms with E-state index in [0.717, 1.165) is 41.8 Å². The van der Waals surface area contributed by atoms with Crippen LogP contribution in [0.3, 0.4) is 0 Å². The lowest BCUT2D eigenvalue weighted by atomic mass is 9.96. The van der Waals surface area contributed by atoms with E-state index in [2.05, 4.69) is 83.4 Å². The number of anilines is 1. The Morgan fingerprint density at radius 3 is 2.38 bits per heavy atom. The van der Waals surface area contributed by atoms with Crippen LogP contribution in [0, 0.1) is 0 Å². The lowest BCUT2D eigenvalue weighted by Gasteiger charge is -2.24. The van der Waals surface area contributed by atoms with E-state index in [4.69, 9.17) is 14.9 Å². The van der Waals surface area contributed by atoms with E-state index in [0.29, 0.717) is 5.75 Å². The van der Waals surface area contributed by atoms with Gasteiger partial charge in [0.25, 0.3) is 0 Å². The van der Waals surface area contributed by atoms with Crippen molar-refractivity contribution in [2.24, 2.45) is 5.10 Å². The first-order valence-corrected chi connectivity index (χ1v) is 12.6. The van der Waals surface area contributed by atoms with Crippen LogP contribution < -0.4 is 9.75 Å². The minimum Gasteiger partial charge on any atom is -0.482 e. The fourth-order valence-electron chi connectivity index (χ4n) is 4.65. The van der Waals surface area contributed by atoms with Gasteiger partial charge in [-0.05, 0) is 64.9 Å². The van der Waals surface area contributed by atoms with E-state index in [1.54, 1.807) is 0 Å². The Balaban J connectivity index is 1.38. The van der Waals surface area contributed by atoms with Crippen LogP contribution in [-0.2, 0) is 16.0 Å². The zero-order valence-corrected chi connectivity index (χ0v) is 20.8. The Labute approximate surface area is 217 Å². The summed E-state index contributed by atoms with van der Waals surface area (Å²) in [5, 5.41) is 15.9. The molecule has 0 saturated heterocycles. The van der Waals surface area contributed by atoms with Crippen LogP contribution in [0.25, 0.3) is 5.57 Å². The Bertz CT molecular complexity index is 1320. The molecule has 3 aromatic rings. The van der Waals surface area contributed by atoms with E-state index in [1.165, 1.54) is 16.7 Å². The van der Waals surface area contributed by atoms with Crippen molar-refractivity contribution in [2.45, 2.75) is 32.2 Å². The molecule has 0 aromatic heterocycles. The maximum Gasteiger partial charge on any atom is 0.346 e. The van der Waals surface area contributed by atoms with Crippen molar-refractivity contribution in [2.75, 3.05) is 18.4 Å². The summed E-state index contributed by atoms with van der Waals surface area (Å²) < 4.78 is 9.98. The third kappa shape index (κ3) is 5.65. The second-order valence-electron chi connectivity index (χ2n) is 9.04. The first-order valence-electron chi connectivity index (χ1n) is 12.6. The fraction of sp³-hybridized carbons (Fsp3) is 0.226. The number of ether oxygens (including phenoxy) is 2. The second-order valence-corrected chi connectivity index (χ2v) is 9.04. The molecule has 3 aromatic carbocycles. The molecule has 1 unspecified atom stereocenters. The number of benzene rings is 3. The average Bonchev–Trinajstić information content (AvgIpc) is 3.64. The lowest BCUT2D eigenvalue weighted by Crippen LogP contribution is -2.18. The molecule has 6 nitrogen and oxygen atoms in total. The van der Waals surface area contributed by atoms with Gasteiger partial charge >= 0.3 is 5.97 Å². The second kappa shape index (κ2) is 11.3. The first kappa shape index (κ1) is 24.5. The summed E-state index contributed by atoms with van der Waals surface area (Å²) in [5.41, 5.74) is 8.18. The molecule has 0 fully saturated rings. The van der Waals surface area contributed by atoms with Gasteiger partial charge in [-0.3, -0.25) is 5.01 Å². The Kier molecular flexibility index (Phi) is 7.47. The smallest absolute Gasteiger partial charge is 0.346 e. The van der Waals surface area contributed by atoms with E-state index >= 15 is 0 Å². The van der Waals surface area contributed by atoms with Crippen molar-refractivity contribution >= 4 is 22.9 Å². The van der Waals surface area contributed by atoms with Gasteiger partial charge in [0.2, 0.25) is 0 Å². The molecule has 0 amide bonds. The van der Waals surface area contributed by atoms with Gasteiger partial charge in [-0.1, -0.05) is 73.7 Å². The van der Waals surface area contributed by atoms with Crippen molar-refractivity contribution in [3.63, 3.8) is 0 Å². The van der Waals surface area contributed by atoms with Crippen molar-refractivity contribution in [3.8, 4) is 5.75 Å². The number of rotatable bonds is 9. The molecular formula is C31H30N2O4. The molecule has 1 atom stereocenters. The number of hydrogen-bond donors (Lipinski definition) is 1. The Morgan fingerprint density at radius 1 is 1.00 bits per heavy atom. The van der Waals surface area contributed by atoms with E-state index in [-0.39, 0.29) is 12.6 Å². The molecule has 188 valence electrons. The zero-order valence-electron chi connectivity index (χ0n) is 20.8. The van der Waals surface area contributed by atoms with Gasteiger partial charge in [0.1, 0.15) is 5.75 Å². The SMILES string of the molecule is CCc1ccc(N2N=C(c3ccc(C4=CC=CC4)cc3)CC2c2ccc(OCC(=O)OCO)cc2)cc1. The van der Waals surface area contributed by atoms with Crippen LogP contribution in [0.1, 0.15) is 48.1 Å². The summed E-state index contributed by atoms with van der Waals surface area (Å²) in [6.07, 6.45) is 9.18. The average molecular weight is 495 g/mol. The number of hydrogen-bond acceptors (Lipinski definition) is 6. The van der Waals surface area contributed by atoms with Crippen molar-refractivity contribution < 1.29 is 19.4 Å². The van der Waals surface area contributed by atoms with Crippen molar-refractivity contribution in [1.82, 2.24) is 0 Å². The minimum absolute atomic E-state index is 0.0253. The molecule has 1 heterocycles. The van der Waals surface area contributed by atoms with Crippen molar-refractivity contribution in [1.29, 1.82) is 0 Å². The highest BCUT2D eigenvalue weighted by atomic mass is 16.6. The van der Waals surface area contributed by atoms with Crippen LogP contribution in [0.15, 0.2) is 96.1 Å². The van der Waals surface area contributed by atoms with Gasteiger partial charge in [0.05, 0.1) is 17.4 Å². The van der Waals surface area contributed by atoms with Gasteiger partial charge in [-0.2, -0.15) is 5.10 Å². The third-order valence-corrected chi connectivity index (χ3v) is 6.73. The maximum absolute atomic E-state index is 11.5. The van der Waals surface area contributed by atoms with Gasteiger partial charge < -0.3 is 14.6 Å². The van der Waals surface area contributed by atoms with Gasteiger partial charge in [0, 0.05) is 6.42 Å². The number of aryl methyl sites for hydroxylation is 1. The quantitative estimate of drug-likeness (QED) is 0.300. The van der Waals surface area contributed by atoms with Crippen LogP contribution in [0.4, 0.5) is 5.69 Å². The Hall–Kier alpha value is -4.16. The molecule has 1 aliphatic carbocycles. The molecule has 0 radical (unpaired) electrons. The topological polar surface area (TPSA) is 71.4 Å². The van der Waals surface area contributed by atoms with Gasteiger partial charge in [-0.15, -0.1) is 0 Å². The van der Waals surface area contributed by atoms with Crippen molar-refractivity contribution in [3.05, 3.63) is 113 Å². The summed E-state index contributed by atoms with van der Waals surface area (Å²) in [5.74, 6) is -0.0588. The molecule has 5 rings (SSSR count). The van der Waals surface area contributed by atoms with Crippen LogP contribution >= 0.6 is 0 Å². The normalized spacial score (nSPS) is 16.5.